The van der Waals surface area contributed by atoms with Crippen LogP contribution in [0.25, 0.3) is 0 Å². The largest absolute Gasteiger partial charge is 0.0845 e. The summed E-state index contributed by atoms with van der Waals surface area (Å²) in [5.41, 5.74) is 4.73. The molecule has 4 unspecified atom stereocenters. The van der Waals surface area contributed by atoms with Crippen LogP contribution in [0.4, 0.5) is 0 Å². The molecule has 2 saturated carbocycles. The van der Waals surface area contributed by atoms with Crippen molar-refractivity contribution in [2.75, 3.05) is 0 Å². The average Bonchev–Trinajstić information content (AvgIpc) is 2.84. The van der Waals surface area contributed by atoms with E-state index in [4.69, 9.17) is 0 Å². The lowest BCUT2D eigenvalue weighted by atomic mass is 9.46. The highest BCUT2D eigenvalue weighted by molar-refractivity contribution is 5.29. The highest BCUT2D eigenvalue weighted by Crippen LogP contribution is 2.65. The van der Waals surface area contributed by atoms with Gasteiger partial charge in [0.15, 0.2) is 0 Å². The fraction of sp³-hybridized carbons (Fsp3) is 0.818. The van der Waals surface area contributed by atoms with Crippen LogP contribution in [0.5, 0.6) is 0 Å². The molecule has 0 nitrogen and oxygen atoms in total. The predicted molar refractivity (Wildman–Crippen MR) is 94.6 cm³/mol. The van der Waals surface area contributed by atoms with Crippen LogP contribution >= 0.6 is 0 Å². The Bertz CT molecular complexity index is 524. The SMILES string of the molecule is CCC1=CCC2C3CCC4=CC(C)CC[C@]4(C)C3CC[C@]12C. The van der Waals surface area contributed by atoms with E-state index >= 15 is 0 Å². The van der Waals surface area contributed by atoms with Gasteiger partial charge in [-0.3, -0.25) is 0 Å². The number of rotatable bonds is 1. The van der Waals surface area contributed by atoms with Crippen LogP contribution in [0.2, 0.25) is 0 Å². The first-order chi connectivity index (χ1) is 10.5. The second kappa shape index (κ2) is 4.99. The van der Waals surface area contributed by atoms with Crippen LogP contribution < -0.4 is 0 Å². The normalized spacial score (nSPS) is 50.5. The van der Waals surface area contributed by atoms with E-state index in [1.54, 1.807) is 5.57 Å². The minimum Gasteiger partial charge on any atom is -0.0845 e. The van der Waals surface area contributed by atoms with Gasteiger partial charge in [0, 0.05) is 0 Å². The van der Waals surface area contributed by atoms with Gasteiger partial charge in [0.25, 0.3) is 0 Å². The molecule has 0 heteroatoms. The molecule has 122 valence electrons. The lowest BCUT2D eigenvalue weighted by molar-refractivity contribution is -0.0309. The molecule has 4 rings (SSSR count). The van der Waals surface area contributed by atoms with Crippen molar-refractivity contribution in [2.24, 2.45) is 34.5 Å². The van der Waals surface area contributed by atoms with E-state index in [2.05, 4.69) is 39.8 Å². The van der Waals surface area contributed by atoms with Crippen molar-refractivity contribution in [3.05, 3.63) is 23.3 Å². The molecule has 0 N–H and O–H groups in total. The maximum atomic E-state index is 2.66. The van der Waals surface area contributed by atoms with E-state index in [1.807, 2.05) is 5.57 Å². The van der Waals surface area contributed by atoms with Gasteiger partial charge < -0.3 is 0 Å². The molecule has 0 saturated heterocycles. The molecule has 0 bridgehead atoms. The molecule has 0 heterocycles. The monoisotopic (exact) mass is 298 g/mol. The molecular formula is C22H34. The van der Waals surface area contributed by atoms with Crippen molar-refractivity contribution >= 4 is 0 Å². The van der Waals surface area contributed by atoms with Gasteiger partial charge in [-0.05, 0) is 85.9 Å². The maximum absolute atomic E-state index is 2.66. The van der Waals surface area contributed by atoms with Crippen molar-refractivity contribution < 1.29 is 0 Å². The Labute approximate surface area is 137 Å². The molecule has 2 fully saturated rings. The maximum Gasteiger partial charge on any atom is -0.00824 e. The Morgan fingerprint density at radius 1 is 1.05 bits per heavy atom. The lowest BCUT2D eigenvalue weighted by Crippen LogP contribution is -2.49. The summed E-state index contributed by atoms with van der Waals surface area (Å²) in [4.78, 5) is 0. The van der Waals surface area contributed by atoms with E-state index in [0.29, 0.717) is 10.8 Å². The van der Waals surface area contributed by atoms with E-state index < -0.39 is 0 Å². The molecule has 0 aromatic heterocycles. The van der Waals surface area contributed by atoms with Crippen molar-refractivity contribution in [1.82, 2.24) is 0 Å². The van der Waals surface area contributed by atoms with Crippen LogP contribution in [-0.2, 0) is 0 Å². The zero-order valence-electron chi connectivity index (χ0n) is 15.1. The Balaban J connectivity index is 1.66. The second-order valence-electron chi connectivity index (χ2n) is 9.32. The van der Waals surface area contributed by atoms with Crippen molar-refractivity contribution in [2.45, 2.75) is 79.1 Å². The molecule has 4 aliphatic rings. The molecule has 0 spiro atoms. The smallest absolute Gasteiger partial charge is 0.00824 e. The summed E-state index contributed by atoms with van der Waals surface area (Å²) < 4.78 is 0. The molecule has 22 heavy (non-hydrogen) atoms. The van der Waals surface area contributed by atoms with Crippen LogP contribution in [0, 0.1) is 34.5 Å². The van der Waals surface area contributed by atoms with Gasteiger partial charge in [0.2, 0.25) is 0 Å². The van der Waals surface area contributed by atoms with E-state index in [0.717, 1.165) is 23.7 Å². The standard InChI is InChI=1S/C22H34/c1-5-16-7-9-19-18-8-6-17-14-15(2)10-12-22(17,4)20(18)11-13-21(16,19)3/h7,14-15,18-20H,5-6,8-13H2,1-4H3/t15?,18?,19?,20?,21-,22+/m1/s1. The molecule has 0 radical (unpaired) electrons. The van der Waals surface area contributed by atoms with E-state index in [1.165, 1.54) is 51.4 Å². The first-order valence-electron chi connectivity index (χ1n) is 9.89. The minimum atomic E-state index is 0.547. The van der Waals surface area contributed by atoms with Crippen molar-refractivity contribution in [1.29, 1.82) is 0 Å². The third kappa shape index (κ3) is 1.88. The van der Waals surface area contributed by atoms with Crippen molar-refractivity contribution in [3.63, 3.8) is 0 Å². The topological polar surface area (TPSA) is 0 Å². The Hall–Kier alpha value is -0.520. The third-order valence-corrected chi connectivity index (χ3v) is 8.46. The first-order valence-corrected chi connectivity index (χ1v) is 9.89. The van der Waals surface area contributed by atoms with E-state index in [-0.39, 0.29) is 0 Å². The van der Waals surface area contributed by atoms with Crippen LogP contribution in [0.1, 0.15) is 79.1 Å². The molecule has 0 amide bonds. The fourth-order valence-corrected chi connectivity index (χ4v) is 7.11. The van der Waals surface area contributed by atoms with Crippen LogP contribution in [-0.4, -0.2) is 0 Å². The van der Waals surface area contributed by atoms with Gasteiger partial charge in [-0.2, -0.15) is 0 Å². The summed E-state index contributed by atoms with van der Waals surface area (Å²) in [5.74, 6) is 3.75. The summed E-state index contributed by atoms with van der Waals surface area (Å²) in [6.45, 7) is 10.0. The van der Waals surface area contributed by atoms with Gasteiger partial charge in [0.05, 0.1) is 0 Å². The average molecular weight is 299 g/mol. The molecular weight excluding hydrogens is 264 g/mol. The number of hydrogen-bond donors (Lipinski definition) is 0. The predicted octanol–water partition coefficient (Wildman–Crippen LogP) is 6.53. The minimum absolute atomic E-state index is 0.547. The highest BCUT2D eigenvalue weighted by Gasteiger charge is 2.56. The highest BCUT2D eigenvalue weighted by atomic mass is 14.6. The zero-order valence-corrected chi connectivity index (χ0v) is 15.1. The van der Waals surface area contributed by atoms with Gasteiger partial charge >= 0.3 is 0 Å². The lowest BCUT2D eigenvalue weighted by Gasteiger charge is -2.58. The quantitative estimate of drug-likeness (QED) is 0.483. The molecule has 0 aromatic rings. The van der Waals surface area contributed by atoms with Gasteiger partial charge in [-0.15, -0.1) is 0 Å². The summed E-state index contributed by atoms with van der Waals surface area (Å²) in [5, 5.41) is 0. The zero-order chi connectivity index (χ0) is 15.5. The molecule has 0 aromatic carbocycles. The van der Waals surface area contributed by atoms with Crippen molar-refractivity contribution in [3.8, 4) is 0 Å². The number of fused-ring (bicyclic) bond motifs is 5. The summed E-state index contributed by atoms with van der Waals surface area (Å²) in [6.07, 6.45) is 16.6. The number of hydrogen-bond acceptors (Lipinski definition) is 0. The summed E-state index contributed by atoms with van der Waals surface area (Å²) in [6, 6.07) is 0. The van der Waals surface area contributed by atoms with Crippen LogP contribution in [0.15, 0.2) is 23.3 Å². The molecule has 4 aliphatic carbocycles. The second-order valence-corrected chi connectivity index (χ2v) is 9.32. The van der Waals surface area contributed by atoms with E-state index in [9.17, 15) is 0 Å². The number of allylic oxidation sites excluding steroid dienone is 4. The first kappa shape index (κ1) is 15.0. The summed E-state index contributed by atoms with van der Waals surface area (Å²) >= 11 is 0. The summed E-state index contributed by atoms with van der Waals surface area (Å²) in [7, 11) is 0. The van der Waals surface area contributed by atoms with Gasteiger partial charge in [0.1, 0.15) is 0 Å². The Morgan fingerprint density at radius 3 is 2.59 bits per heavy atom. The molecule has 0 aliphatic heterocycles. The van der Waals surface area contributed by atoms with Gasteiger partial charge in [-0.25, -0.2) is 0 Å². The fourth-order valence-electron chi connectivity index (χ4n) is 7.11. The van der Waals surface area contributed by atoms with Crippen LogP contribution in [0.3, 0.4) is 0 Å². The van der Waals surface area contributed by atoms with Gasteiger partial charge in [-0.1, -0.05) is 51.0 Å². The Kier molecular flexibility index (Phi) is 3.41. The molecule has 6 atom stereocenters. The Morgan fingerprint density at radius 2 is 1.82 bits per heavy atom. The third-order valence-electron chi connectivity index (χ3n) is 8.46.